The van der Waals surface area contributed by atoms with Crippen molar-refractivity contribution in [2.75, 3.05) is 0 Å². The summed E-state index contributed by atoms with van der Waals surface area (Å²) >= 11 is 1.95. The van der Waals surface area contributed by atoms with Crippen molar-refractivity contribution in [3.8, 4) is 5.75 Å². The van der Waals surface area contributed by atoms with E-state index in [1.165, 1.54) is 13.0 Å². The van der Waals surface area contributed by atoms with E-state index in [1.807, 2.05) is 22.6 Å². The number of halogens is 1. The summed E-state index contributed by atoms with van der Waals surface area (Å²) < 4.78 is 0.645. The molecule has 1 amide bonds. The van der Waals surface area contributed by atoms with Crippen LogP contribution in [0.15, 0.2) is 18.2 Å². The monoisotopic (exact) mass is 349 g/mol. The van der Waals surface area contributed by atoms with Gasteiger partial charge in [-0.15, -0.1) is 0 Å². The number of carbonyl (C=O) groups excluding carboxylic acids is 1. The van der Waals surface area contributed by atoms with Crippen LogP contribution in [0.25, 0.3) is 0 Å². The summed E-state index contributed by atoms with van der Waals surface area (Å²) in [6.07, 6.45) is 0.186. The fourth-order valence-electron chi connectivity index (χ4n) is 1.36. The van der Waals surface area contributed by atoms with Crippen LogP contribution in [0.5, 0.6) is 5.75 Å². The van der Waals surface area contributed by atoms with Gasteiger partial charge in [-0.05, 0) is 40.3 Å². The van der Waals surface area contributed by atoms with E-state index in [1.54, 1.807) is 12.1 Å². The molecule has 0 aliphatic carbocycles. The Bertz CT molecular complexity index is 447. The molecule has 17 heavy (non-hydrogen) atoms. The van der Waals surface area contributed by atoms with E-state index in [4.69, 9.17) is 5.11 Å². The molecule has 0 aliphatic rings. The molecule has 0 heterocycles. The van der Waals surface area contributed by atoms with E-state index in [9.17, 15) is 14.7 Å². The highest BCUT2D eigenvalue weighted by Gasteiger charge is 2.19. The zero-order chi connectivity index (χ0) is 13.0. The highest BCUT2D eigenvalue weighted by Crippen LogP contribution is 2.20. The van der Waals surface area contributed by atoms with E-state index in [0.29, 0.717) is 3.57 Å². The lowest BCUT2D eigenvalue weighted by Gasteiger charge is -2.13. The number of phenols is 1. The van der Waals surface area contributed by atoms with E-state index in [0.717, 1.165) is 5.56 Å². The minimum Gasteiger partial charge on any atom is -0.507 e. The average Bonchev–Trinajstić information content (AvgIpc) is 2.21. The third-order valence-corrected chi connectivity index (χ3v) is 2.99. The van der Waals surface area contributed by atoms with Crippen LogP contribution in [0.2, 0.25) is 0 Å². The van der Waals surface area contributed by atoms with Gasteiger partial charge in [-0.1, -0.05) is 6.07 Å². The summed E-state index contributed by atoms with van der Waals surface area (Å²) in [4.78, 5) is 21.8. The van der Waals surface area contributed by atoms with Crippen molar-refractivity contribution in [2.45, 2.75) is 19.4 Å². The quantitative estimate of drug-likeness (QED) is 0.712. The Morgan fingerprint density at radius 1 is 1.47 bits per heavy atom. The molecule has 0 radical (unpaired) electrons. The number of aliphatic carboxylic acids is 1. The van der Waals surface area contributed by atoms with Crippen LogP contribution < -0.4 is 5.32 Å². The maximum Gasteiger partial charge on any atom is 0.326 e. The third kappa shape index (κ3) is 4.22. The lowest BCUT2D eigenvalue weighted by molar-refractivity contribution is -0.141. The molecule has 0 saturated carbocycles. The van der Waals surface area contributed by atoms with Gasteiger partial charge in [-0.2, -0.15) is 0 Å². The van der Waals surface area contributed by atoms with Gasteiger partial charge < -0.3 is 15.5 Å². The molecular weight excluding hydrogens is 337 g/mol. The Morgan fingerprint density at radius 2 is 2.12 bits per heavy atom. The number of benzene rings is 1. The molecule has 1 aromatic rings. The van der Waals surface area contributed by atoms with Crippen molar-refractivity contribution in [3.63, 3.8) is 0 Å². The summed E-state index contributed by atoms with van der Waals surface area (Å²) in [5, 5.41) is 20.6. The van der Waals surface area contributed by atoms with Crippen molar-refractivity contribution < 1.29 is 19.8 Å². The molecule has 0 aromatic heterocycles. The number of nitrogens with one attached hydrogen (secondary N) is 1. The highest BCUT2D eigenvalue weighted by molar-refractivity contribution is 14.1. The SMILES string of the molecule is CC(=O)N[C@H](Cc1ccc(O)c(I)c1)C(=O)O. The molecule has 0 aliphatic heterocycles. The first kappa shape index (κ1) is 13.8. The van der Waals surface area contributed by atoms with Gasteiger partial charge in [0.2, 0.25) is 5.91 Å². The normalized spacial score (nSPS) is 11.9. The van der Waals surface area contributed by atoms with Crippen molar-refractivity contribution in [1.29, 1.82) is 0 Å². The fourth-order valence-corrected chi connectivity index (χ4v) is 1.94. The van der Waals surface area contributed by atoms with Crippen molar-refractivity contribution >= 4 is 34.5 Å². The summed E-state index contributed by atoms with van der Waals surface area (Å²) in [6, 6.07) is 3.88. The first-order valence-corrected chi connectivity index (χ1v) is 5.95. The van der Waals surface area contributed by atoms with Gasteiger partial charge in [0.05, 0.1) is 3.57 Å². The zero-order valence-electron chi connectivity index (χ0n) is 9.11. The number of carboxylic acids is 1. The van der Waals surface area contributed by atoms with E-state index < -0.39 is 12.0 Å². The second kappa shape index (κ2) is 5.85. The second-order valence-corrected chi connectivity index (χ2v) is 4.74. The number of hydrogen-bond donors (Lipinski definition) is 3. The predicted molar refractivity (Wildman–Crippen MR) is 69.8 cm³/mol. The zero-order valence-corrected chi connectivity index (χ0v) is 11.3. The smallest absolute Gasteiger partial charge is 0.326 e. The van der Waals surface area contributed by atoms with Crippen LogP contribution in [0.4, 0.5) is 0 Å². The number of carbonyl (C=O) groups is 2. The molecule has 0 bridgehead atoms. The first-order valence-electron chi connectivity index (χ1n) is 4.87. The molecule has 0 fully saturated rings. The van der Waals surface area contributed by atoms with Crippen LogP contribution in [0.3, 0.4) is 0 Å². The van der Waals surface area contributed by atoms with Gasteiger partial charge in [-0.25, -0.2) is 4.79 Å². The predicted octanol–water partition coefficient (Wildman–Crippen LogP) is 1.13. The molecule has 1 rings (SSSR count). The molecule has 1 atom stereocenters. The largest absolute Gasteiger partial charge is 0.507 e. The number of hydrogen-bond acceptors (Lipinski definition) is 3. The van der Waals surface area contributed by atoms with E-state index >= 15 is 0 Å². The van der Waals surface area contributed by atoms with Gasteiger partial charge in [0.25, 0.3) is 0 Å². The minimum atomic E-state index is -1.08. The van der Waals surface area contributed by atoms with Crippen LogP contribution in [-0.4, -0.2) is 28.1 Å². The molecule has 1 aromatic carbocycles. The fraction of sp³-hybridized carbons (Fsp3) is 0.273. The summed E-state index contributed by atoms with van der Waals surface area (Å²) in [5.74, 6) is -1.31. The Kier molecular flexibility index (Phi) is 4.73. The van der Waals surface area contributed by atoms with E-state index in [2.05, 4.69) is 5.32 Å². The lowest BCUT2D eigenvalue weighted by atomic mass is 10.1. The van der Waals surface area contributed by atoms with Gasteiger partial charge in [-0.3, -0.25) is 4.79 Å². The minimum absolute atomic E-state index is 0.153. The average molecular weight is 349 g/mol. The number of amides is 1. The Labute approximate surface area is 112 Å². The number of carboxylic acid groups (broad SMARTS) is 1. The maximum absolute atomic E-state index is 10.9. The molecular formula is C11H12INO4. The third-order valence-electron chi connectivity index (χ3n) is 2.13. The molecule has 5 nitrogen and oxygen atoms in total. The van der Waals surface area contributed by atoms with Gasteiger partial charge in [0.15, 0.2) is 0 Å². The molecule has 0 saturated heterocycles. The van der Waals surface area contributed by atoms with Crippen molar-refractivity contribution in [3.05, 3.63) is 27.3 Å². The first-order chi connectivity index (χ1) is 7.90. The van der Waals surface area contributed by atoms with Crippen LogP contribution in [0, 0.1) is 3.57 Å². The molecule has 3 N–H and O–H groups in total. The topological polar surface area (TPSA) is 86.6 Å². The number of rotatable bonds is 4. The summed E-state index contributed by atoms with van der Waals surface area (Å²) in [6.45, 7) is 1.27. The van der Waals surface area contributed by atoms with Crippen LogP contribution in [0.1, 0.15) is 12.5 Å². The molecule has 6 heteroatoms. The van der Waals surface area contributed by atoms with Gasteiger partial charge in [0, 0.05) is 13.3 Å². The Morgan fingerprint density at radius 3 is 2.59 bits per heavy atom. The van der Waals surface area contributed by atoms with Crippen LogP contribution >= 0.6 is 22.6 Å². The summed E-state index contributed by atoms with van der Waals surface area (Å²) in [5.41, 5.74) is 0.744. The van der Waals surface area contributed by atoms with Gasteiger partial charge in [0.1, 0.15) is 11.8 Å². The second-order valence-electron chi connectivity index (χ2n) is 3.58. The maximum atomic E-state index is 10.9. The van der Waals surface area contributed by atoms with Crippen molar-refractivity contribution in [2.24, 2.45) is 0 Å². The molecule has 0 spiro atoms. The highest BCUT2D eigenvalue weighted by atomic mass is 127. The Hall–Kier alpha value is -1.31. The van der Waals surface area contributed by atoms with Crippen LogP contribution in [-0.2, 0) is 16.0 Å². The number of aromatic hydroxyl groups is 1. The molecule has 92 valence electrons. The van der Waals surface area contributed by atoms with E-state index in [-0.39, 0.29) is 18.1 Å². The Balaban J connectivity index is 2.82. The summed E-state index contributed by atoms with van der Waals surface area (Å²) in [7, 11) is 0. The number of phenolic OH excluding ortho intramolecular Hbond substituents is 1. The van der Waals surface area contributed by atoms with Crippen molar-refractivity contribution in [1.82, 2.24) is 5.32 Å². The van der Waals surface area contributed by atoms with Gasteiger partial charge >= 0.3 is 5.97 Å². The molecule has 0 unspecified atom stereocenters. The standard InChI is InChI=1S/C11H12INO4/c1-6(14)13-9(11(16)17)5-7-2-3-10(15)8(12)4-7/h2-4,9,15H,5H2,1H3,(H,13,14)(H,16,17)/t9-/m1/s1. The lowest BCUT2D eigenvalue weighted by Crippen LogP contribution is -2.41.